The molecule has 1 N–H and O–H groups in total. The molecule has 0 amide bonds. The van der Waals surface area contributed by atoms with E-state index in [1.807, 2.05) is 18.5 Å². The third-order valence-electron chi connectivity index (χ3n) is 2.59. The zero-order valence-electron chi connectivity index (χ0n) is 9.58. The Morgan fingerprint density at radius 1 is 1.18 bits per heavy atom. The number of aromatic nitrogens is 1. The van der Waals surface area contributed by atoms with Crippen LogP contribution in [0.15, 0.2) is 36.7 Å². The molecule has 0 saturated heterocycles. The molecule has 0 aliphatic heterocycles. The van der Waals surface area contributed by atoms with Crippen LogP contribution >= 0.6 is 0 Å². The fraction of sp³-hybridized carbons (Fsp3) is 0.231. The summed E-state index contributed by atoms with van der Waals surface area (Å²) in [5.41, 5.74) is 1.68. The van der Waals surface area contributed by atoms with Crippen molar-refractivity contribution in [2.75, 3.05) is 5.32 Å². The smallest absolute Gasteiger partial charge is 0.160 e. The molecule has 0 unspecified atom stereocenters. The molecule has 1 aromatic heterocycles. The minimum atomic E-state index is -0.832. The van der Waals surface area contributed by atoms with Crippen molar-refractivity contribution in [3.05, 3.63) is 53.9 Å². The van der Waals surface area contributed by atoms with Crippen molar-refractivity contribution >= 4 is 5.69 Å². The quantitative estimate of drug-likeness (QED) is 0.860. The summed E-state index contributed by atoms with van der Waals surface area (Å²) in [6.07, 6.45) is 4.01. The summed E-state index contributed by atoms with van der Waals surface area (Å²) in [5.74, 6) is -1.66. The molecule has 0 spiro atoms. The zero-order valence-corrected chi connectivity index (χ0v) is 9.58. The monoisotopic (exact) mass is 236 g/mol. The molecule has 1 heterocycles. The van der Waals surface area contributed by atoms with Gasteiger partial charge in [0, 0.05) is 37.2 Å². The maximum Gasteiger partial charge on any atom is 0.160 e. The Morgan fingerprint density at radius 2 is 2.00 bits per heavy atom. The molecule has 2 nitrogen and oxygen atoms in total. The molecule has 17 heavy (non-hydrogen) atoms. The summed E-state index contributed by atoms with van der Waals surface area (Å²) in [7, 11) is 0. The lowest BCUT2D eigenvalue weighted by molar-refractivity contribution is 0.509. The number of halogens is 2. The Labute approximate surface area is 98.9 Å². The van der Waals surface area contributed by atoms with Gasteiger partial charge in [-0.1, -0.05) is 0 Å². The van der Waals surface area contributed by atoms with E-state index in [9.17, 15) is 8.78 Å². The fourth-order valence-corrected chi connectivity index (χ4v) is 1.60. The van der Waals surface area contributed by atoms with E-state index < -0.39 is 11.6 Å². The number of anilines is 1. The highest BCUT2D eigenvalue weighted by atomic mass is 19.2. The summed E-state index contributed by atoms with van der Waals surface area (Å²) in [6.45, 7) is 3.58. The maximum atomic E-state index is 12.9. The highest BCUT2D eigenvalue weighted by molar-refractivity contribution is 5.44. The third-order valence-corrected chi connectivity index (χ3v) is 2.59. The van der Waals surface area contributed by atoms with Crippen LogP contribution in [0, 0.1) is 11.6 Å². The Bertz CT molecular complexity index is 506. The lowest BCUT2D eigenvalue weighted by Gasteiger charge is -2.05. The van der Waals surface area contributed by atoms with Crippen LogP contribution in [0.4, 0.5) is 14.5 Å². The van der Waals surface area contributed by atoms with Gasteiger partial charge >= 0.3 is 0 Å². The van der Waals surface area contributed by atoms with Gasteiger partial charge in [-0.3, -0.25) is 0 Å². The zero-order chi connectivity index (χ0) is 12.3. The lowest BCUT2D eigenvalue weighted by atomic mass is 10.2. The number of hydrogen-bond donors (Lipinski definition) is 1. The molecule has 0 bridgehead atoms. The van der Waals surface area contributed by atoms with E-state index in [-0.39, 0.29) is 0 Å². The van der Waals surface area contributed by atoms with Gasteiger partial charge in [-0.15, -0.1) is 0 Å². The number of benzene rings is 1. The second kappa shape index (κ2) is 4.99. The summed E-state index contributed by atoms with van der Waals surface area (Å²) in [6, 6.07) is 5.80. The van der Waals surface area contributed by atoms with Crippen LogP contribution < -0.4 is 5.32 Å². The molecule has 0 atom stereocenters. The first-order chi connectivity index (χ1) is 8.19. The van der Waals surface area contributed by atoms with Gasteiger partial charge in [0.1, 0.15) is 0 Å². The lowest BCUT2D eigenvalue weighted by Crippen LogP contribution is -1.99. The van der Waals surface area contributed by atoms with Gasteiger partial charge in [-0.2, -0.15) is 0 Å². The molecule has 0 saturated carbocycles. The standard InChI is InChI=1S/C13H14F2N2/c1-2-17-6-5-10(9-17)8-16-11-3-4-12(14)13(15)7-11/h3-7,9,16H,2,8H2,1H3. The summed E-state index contributed by atoms with van der Waals surface area (Å²) in [5, 5.41) is 3.05. The van der Waals surface area contributed by atoms with E-state index in [0.717, 1.165) is 24.2 Å². The molecular weight excluding hydrogens is 222 g/mol. The number of rotatable bonds is 4. The van der Waals surface area contributed by atoms with Crippen LogP contribution in [0.3, 0.4) is 0 Å². The third kappa shape index (κ3) is 2.84. The average Bonchev–Trinajstić information content (AvgIpc) is 2.79. The van der Waals surface area contributed by atoms with Crippen LogP contribution in [0.5, 0.6) is 0 Å². The van der Waals surface area contributed by atoms with Crippen molar-refractivity contribution in [3.63, 3.8) is 0 Å². The van der Waals surface area contributed by atoms with Gasteiger partial charge in [-0.25, -0.2) is 8.78 Å². The Hall–Kier alpha value is -1.84. The van der Waals surface area contributed by atoms with Gasteiger partial charge in [0.25, 0.3) is 0 Å². The minimum Gasteiger partial charge on any atom is -0.381 e. The van der Waals surface area contributed by atoms with Gasteiger partial charge in [0.05, 0.1) is 0 Å². The van der Waals surface area contributed by atoms with Gasteiger partial charge in [0.15, 0.2) is 11.6 Å². The second-order valence-electron chi connectivity index (χ2n) is 3.83. The fourth-order valence-electron chi connectivity index (χ4n) is 1.60. The number of nitrogens with one attached hydrogen (secondary N) is 1. The molecule has 2 aromatic rings. The van der Waals surface area contributed by atoms with Crippen LogP contribution in [0.1, 0.15) is 12.5 Å². The number of hydrogen-bond acceptors (Lipinski definition) is 1. The molecule has 4 heteroatoms. The Kier molecular flexibility index (Phi) is 3.42. The maximum absolute atomic E-state index is 12.9. The summed E-state index contributed by atoms with van der Waals surface area (Å²) >= 11 is 0. The van der Waals surface area contributed by atoms with Crippen molar-refractivity contribution in [2.45, 2.75) is 20.0 Å². The largest absolute Gasteiger partial charge is 0.381 e. The average molecular weight is 236 g/mol. The van der Waals surface area contributed by atoms with Gasteiger partial charge < -0.3 is 9.88 Å². The molecule has 0 radical (unpaired) electrons. The van der Waals surface area contributed by atoms with Crippen LogP contribution in [0.25, 0.3) is 0 Å². The molecular formula is C13H14F2N2. The SMILES string of the molecule is CCn1ccc(CNc2ccc(F)c(F)c2)c1. The summed E-state index contributed by atoms with van der Waals surface area (Å²) in [4.78, 5) is 0. The summed E-state index contributed by atoms with van der Waals surface area (Å²) < 4.78 is 27.7. The van der Waals surface area contributed by atoms with E-state index in [1.165, 1.54) is 6.07 Å². The molecule has 1 aromatic carbocycles. The van der Waals surface area contributed by atoms with E-state index >= 15 is 0 Å². The topological polar surface area (TPSA) is 17.0 Å². The molecule has 0 fully saturated rings. The van der Waals surface area contributed by atoms with Crippen molar-refractivity contribution in [1.29, 1.82) is 0 Å². The first kappa shape index (κ1) is 11.6. The first-order valence-corrected chi connectivity index (χ1v) is 5.52. The normalized spacial score (nSPS) is 10.5. The highest BCUT2D eigenvalue weighted by Gasteiger charge is 2.02. The second-order valence-corrected chi connectivity index (χ2v) is 3.83. The first-order valence-electron chi connectivity index (χ1n) is 5.52. The van der Waals surface area contributed by atoms with Crippen LogP contribution in [-0.2, 0) is 13.1 Å². The molecule has 0 aliphatic carbocycles. The van der Waals surface area contributed by atoms with E-state index in [4.69, 9.17) is 0 Å². The Balaban J connectivity index is 1.99. The minimum absolute atomic E-state index is 0.577. The predicted molar refractivity (Wildman–Crippen MR) is 63.8 cm³/mol. The van der Waals surface area contributed by atoms with E-state index in [2.05, 4.69) is 16.8 Å². The highest BCUT2D eigenvalue weighted by Crippen LogP contribution is 2.14. The van der Waals surface area contributed by atoms with E-state index in [0.29, 0.717) is 12.2 Å². The predicted octanol–water partition coefficient (Wildman–Crippen LogP) is 3.40. The van der Waals surface area contributed by atoms with Crippen molar-refractivity contribution in [2.24, 2.45) is 0 Å². The van der Waals surface area contributed by atoms with Crippen LogP contribution in [-0.4, -0.2) is 4.57 Å². The number of nitrogens with zero attached hydrogens (tertiary/aromatic N) is 1. The van der Waals surface area contributed by atoms with Crippen molar-refractivity contribution in [1.82, 2.24) is 4.57 Å². The van der Waals surface area contributed by atoms with Crippen molar-refractivity contribution in [3.8, 4) is 0 Å². The Morgan fingerprint density at radius 3 is 2.65 bits per heavy atom. The van der Waals surface area contributed by atoms with E-state index in [1.54, 1.807) is 0 Å². The number of aryl methyl sites for hydroxylation is 1. The molecule has 0 aliphatic rings. The van der Waals surface area contributed by atoms with Crippen LogP contribution in [0.2, 0.25) is 0 Å². The van der Waals surface area contributed by atoms with Crippen molar-refractivity contribution < 1.29 is 8.78 Å². The van der Waals surface area contributed by atoms with Gasteiger partial charge in [-0.05, 0) is 30.7 Å². The molecule has 2 rings (SSSR count). The van der Waals surface area contributed by atoms with Gasteiger partial charge in [0.2, 0.25) is 0 Å². The molecule has 90 valence electrons.